The van der Waals surface area contributed by atoms with Crippen LogP contribution in [0.25, 0.3) is 11.1 Å². The van der Waals surface area contributed by atoms with Crippen molar-refractivity contribution < 1.29 is 46.5 Å². The third kappa shape index (κ3) is 28.8. The minimum Gasteiger partial charge on any atom is -0.487 e. The van der Waals surface area contributed by atoms with Crippen LogP contribution in [0.3, 0.4) is 0 Å². The molecule has 0 saturated heterocycles. The molecule has 3 aromatic rings. The van der Waals surface area contributed by atoms with Gasteiger partial charge in [0.15, 0.2) is 0 Å². The lowest BCUT2D eigenvalue weighted by atomic mass is 9.94. The Morgan fingerprint density at radius 1 is 0.621 bits per heavy atom. The summed E-state index contributed by atoms with van der Waals surface area (Å²) in [6.45, 7) is 19.1. The maximum Gasteiger partial charge on any atom is 0.407 e. The molecule has 95 heavy (non-hydrogen) atoms. The maximum absolute atomic E-state index is 14.8. The second-order valence-corrected chi connectivity index (χ2v) is 30.1. The fraction of sp³-hybridized carbons (Fsp3) is 0.658. The molecule has 0 bridgehead atoms. The molecule has 0 spiro atoms. The number of carbonyl (C=O) groups excluding carboxylic acids is 4. The molecule has 1 heterocycles. The van der Waals surface area contributed by atoms with Gasteiger partial charge in [0.05, 0.1) is 4.90 Å². The number of carbonyl (C=O) groups is 4. The number of sulfonamides is 1. The van der Waals surface area contributed by atoms with Crippen LogP contribution in [-0.2, 0) is 45.0 Å². The first-order valence-electron chi connectivity index (χ1n) is 36.9. The maximum atomic E-state index is 14.8. The summed E-state index contributed by atoms with van der Waals surface area (Å²) in [6.07, 6.45) is 41.9. The van der Waals surface area contributed by atoms with Gasteiger partial charge in [-0.05, 0) is 191 Å². The monoisotopic (exact) mass is 1330 g/mol. The Morgan fingerprint density at radius 2 is 1.11 bits per heavy atom. The van der Waals surface area contributed by atoms with E-state index >= 15 is 0 Å². The van der Waals surface area contributed by atoms with Crippen molar-refractivity contribution in [2.75, 3.05) is 13.2 Å². The number of nitrogens with one attached hydrogen (secondary N) is 5. The van der Waals surface area contributed by atoms with E-state index < -0.39 is 69.3 Å². The van der Waals surface area contributed by atoms with Gasteiger partial charge in [0, 0.05) is 30.9 Å². The van der Waals surface area contributed by atoms with E-state index in [-0.39, 0.29) is 49.6 Å². The molecule has 2 amide bonds. The number of alkyl carbamates (subject to hydrolysis) is 1. The van der Waals surface area contributed by atoms with Crippen molar-refractivity contribution in [3.63, 3.8) is 0 Å². The number of ether oxygens (including phenoxy) is 4. The number of allylic oxidation sites excluding steroid dienone is 4. The fourth-order valence-electron chi connectivity index (χ4n) is 13.2. The first-order chi connectivity index (χ1) is 45.6. The van der Waals surface area contributed by atoms with Gasteiger partial charge in [-0.1, -0.05) is 196 Å². The van der Waals surface area contributed by atoms with Crippen LogP contribution in [0.1, 0.15) is 300 Å². The zero-order valence-electron chi connectivity index (χ0n) is 60.2. The summed E-state index contributed by atoms with van der Waals surface area (Å²) in [5.74, 6) is -1.93. The molecule has 3 atom stereocenters. The second kappa shape index (κ2) is 42.5. The van der Waals surface area contributed by atoms with Gasteiger partial charge in [-0.25, -0.2) is 22.7 Å². The lowest BCUT2D eigenvalue weighted by molar-refractivity contribution is -0.157. The minimum atomic E-state index is -4.23. The number of hydrogen-bond acceptors (Lipinski definition) is 11. The molecule has 3 aromatic carbocycles. The molecule has 5 rings (SSSR count). The average molecular weight is 1330 g/mol. The number of amides is 2. The highest BCUT2D eigenvalue weighted by molar-refractivity contribution is 7.90. The van der Waals surface area contributed by atoms with E-state index in [1.807, 2.05) is 69.3 Å². The Balaban J connectivity index is 1.27. The van der Waals surface area contributed by atoms with E-state index in [2.05, 4.69) is 58.8 Å². The van der Waals surface area contributed by atoms with Gasteiger partial charge < -0.3 is 34.9 Å². The van der Waals surface area contributed by atoms with Gasteiger partial charge in [0.1, 0.15) is 41.7 Å². The Labute approximate surface area is 573 Å². The number of hydrogen-bond donors (Lipinski definition) is 5. The summed E-state index contributed by atoms with van der Waals surface area (Å²) in [6, 6.07) is 13.4. The molecule has 0 aromatic heterocycles. The summed E-state index contributed by atoms with van der Waals surface area (Å²) < 4.78 is 54.8. The van der Waals surface area contributed by atoms with Crippen molar-refractivity contribution >= 4 is 39.9 Å². The zero-order valence-corrected chi connectivity index (χ0v) is 61.0. The molecule has 0 radical (unpaired) electrons. The number of rotatable bonds is 47. The fourth-order valence-corrected chi connectivity index (χ4v) is 14.7. The highest BCUT2D eigenvalue weighted by atomic mass is 32.2. The summed E-state index contributed by atoms with van der Waals surface area (Å²) in [4.78, 5) is 57.0. The lowest BCUT2D eigenvalue weighted by Crippen LogP contribution is -2.52. The lowest BCUT2D eigenvalue weighted by Gasteiger charge is -2.26. The molecule has 1 aliphatic heterocycles. The molecule has 2 aliphatic rings. The van der Waals surface area contributed by atoms with Gasteiger partial charge in [0.2, 0.25) is 11.9 Å². The van der Waals surface area contributed by atoms with Crippen molar-refractivity contribution in [1.82, 2.24) is 20.7 Å². The standard InChI is InChI=1S/C79H123N5O10S/c1-11-13-15-17-19-21-23-25-27-29-31-33-35-37-39-41-48-62(47-40-38-36-34-32-30-28-26-24-22-20-18-16-14-12-2)92-75(87)70(54-55-71(85)93-78(6,7)8)82-74(86)69(83-77(88)91-58-68-65-51-44-42-49-63(65)64-50-43-45-52-66(64)68)53-46-56-81-76(80)84-95(89,90)73-60(4)59(3)72-67(61(73)5)57-79(9,10)94-72/h25-28,42-45,49-52,62,68-70H,11-24,29-41,46-48,53-58H2,1-10H3,(H,82,86)(H,83,88)(H3,80,81,84)/b27-25-,28-26-/t62?,69-,70-/m0/s1. The molecule has 530 valence electrons. The van der Waals surface area contributed by atoms with Gasteiger partial charge in [-0.3, -0.25) is 15.0 Å². The molecule has 5 N–H and O–H groups in total. The molecule has 1 unspecified atom stereocenters. The predicted octanol–water partition coefficient (Wildman–Crippen LogP) is 18.8. The molecule has 1 aliphatic carbocycles. The predicted molar refractivity (Wildman–Crippen MR) is 387 cm³/mol. The third-order valence-corrected chi connectivity index (χ3v) is 20.1. The van der Waals surface area contributed by atoms with Gasteiger partial charge in [-0.15, -0.1) is 0 Å². The zero-order chi connectivity index (χ0) is 69.1. The first-order valence-corrected chi connectivity index (χ1v) is 38.3. The molecule has 0 saturated carbocycles. The molecule has 15 nitrogen and oxygen atoms in total. The molecule has 16 heteroatoms. The highest BCUT2D eigenvalue weighted by Gasteiger charge is 2.38. The van der Waals surface area contributed by atoms with Crippen molar-refractivity contribution in [3.8, 4) is 16.9 Å². The Kier molecular flexibility index (Phi) is 35.6. The molecular formula is C79H123N5O10S. The molecule has 0 fully saturated rings. The van der Waals surface area contributed by atoms with Crippen molar-refractivity contribution in [3.05, 3.63) is 106 Å². The van der Waals surface area contributed by atoms with E-state index in [0.29, 0.717) is 36.1 Å². The highest BCUT2D eigenvalue weighted by Crippen LogP contribution is 2.45. The summed E-state index contributed by atoms with van der Waals surface area (Å²) >= 11 is 0. The molecular weight excluding hydrogens is 1210 g/mol. The minimum absolute atomic E-state index is 0.0109. The Morgan fingerprint density at radius 3 is 1.61 bits per heavy atom. The van der Waals surface area contributed by atoms with E-state index in [9.17, 15) is 27.6 Å². The number of unbranched alkanes of at least 4 members (excludes halogenated alkanes) is 23. The van der Waals surface area contributed by atoms with E-state index in [0.717, 1.165) is 110 Å². The van der Waals surface area contributed by atoms with E-state index in [1.165, 1.54) is 96.3 Å². The van der Waals surface area contributed by atoms with Gasteiger partial charge in [-0.2, -0.15) is 0 Å². The topological polar surface area (TPSA) is 211 Å². The normalized spacial score (nSPS) is 14.4. The summed E-state index contributed by atoms with van der Waals surface area (Å²) in [7, 11) is -4.23. The number of esters is 2. The van der Waals surface area contributed by atoms with Crippen LogP contribution in [0.5, 0.6) is 5.75 Å². The quantitative estimate of drug-likeness (QED) is 0.00896. The van der Waals surface area contributed by atoms with Crippen LogP contribution in [0.15, 0.2) is 77.7 Å². The van der Waals surface area contributed by atoms with Crippen LogP contribution in [-0.4, -0.2) is 80.9 Å². The summed E-state index contributed by atoms with van der Waals surface area (Å²) in [5.41, 5.74) is 5.51. The van der Waals surface area contributed by atoms with Crippen LogP contribution < -0.4 is 25.4 Å². The third-order valence-electron chi connectivity index (χ3n) is 18.5. The van der Waals surface area contributed by atoms with Crippen molar-refractivity contribution in [2.24, 2.45) is 0 Å². The Bertz CT molecular complexity index is 2980. The van der Waals surface area contributed by atoms with Crippen LogP contribution in [0.4, 0.5) is 4.79 Å². The first kappa shape index (κ1) is 79.5. The number of fused-ring (bicyclic) bond motifs is 4. The Hall–Kier alpha value is -6.16. The van der Waals surface area contributed by atoms with Crippen molar-refractivity contribution in [1.29, 1.82) is 5.41 Å². The van der Waals surface area contributed by atoms with E-state index in [1.54, 1.807) is 34.6 Å². The number of guanidine groups is 1. The largest absolute Gasteiger partial charge is 0.487 e. The van der Waals surface area contributed by atoms with Crippen LogP contribution in [0.2, 0.25) is 0 Å². The van der Waals surface area contributed by atoms with E-state index in [4.69, 9.17) is 24.4 Å². The van der Waals surface area contributed by atoms with Gasteiger partial charge >= 0.3 is 18.0 Å². The van der Waals surface area contributed by atoms with Crippen LogP contribution in [0, 0.1) is 26.2 Å². The van der Waals surface area contributed by atoms with Crippen molar-refractivity contribution in [2.45, 2.75) is 328 Å². The second-order valence-electron chi connectivity index (χ2n) is 28.5. The smallest absolute Gasteiger partial charge is 0.407 e. The summed E-state index contributed by atoms with van der Waals surface area (Å²) in [5, 5.41) is 17.2. The average Bonchev–Trinajstić information content (AvgIpc) is 1.68. The SMILES string of the molecule is CCCCCCCC/C=C\CCCCCCCCC(CCCCCCC/C=C\CCCCCCCC)OC(=O)[C@H](CCC(=O)OC(C)(C)C)NC(=O)[C@H](CCCNC(=N)NS(=O)(=O)c1c(C)c(C)c2c(c1C)CC(C)(C)O2)NC(=O)OCC1c2ccccc2-c2ccccc21. The van der Waals surface area contributed by atoms with Crippen LogP contribution >= 0.6 is 0 Å². The van der Waals surface area contributed by atoms with Gasteiger partial charge in [0.25, 0.3) is 10.0 Å². The number of benzene rings is 3.